The molecule has 2 aliphatic heterocycles. The van der Waals surface area contributed by atoms with Gasteiger partial charge in [-0.25, -0.2) is 0 Å². The van der Waals surface area contributed by atoms with Gasteiger partial charge in [0, 0.05) is 39.9 Å². The Morgan fingerprint density at radius 3 is 2.83 bits per heavy atom. The van der Waals surface area contributed by atoms with Crippen LogP contribution in [0.2, 0.25) is 0 Å². The molecule has 2 aliphatic rings. The summed E-state index contributed by atoms with van der Waals surface area (Å²) in [7, 11) is 3.58. The fourth-order valence-corrected chi connectivity index (χ4v) is 3.42. The molecule has 2 aromatic rings. The third-order valence-corrected chi connectivity index (χ3v) is 4.87. The van der Waals surface area contributed by atoms with Crippen LogP contribution in [0.25, 0.3) is 0 Å². The van der Waals surface area contributed by atoms with Crippen molar-refractivity contribution >= 4 is 41.5 Å². The fourth-order valence-electron chi connectivity index (χ4n) is 3.42. The molecule has 0 unspecified atom stereocenters. The molecule has 0 spiro atoms. The van der Waals surface area contributed by atoms with Crippen molar-refractivity contribution in [3.8, 4) is 11.5 Å². The Kier molecular flexibility index (Phi) is 6.83. The first kappa shape index (κ1) is 21.2. The molecule has 1 N–H and O–H groups in total. The highest BCUT2D eigenvalue weighted by Gasteiger charge is 2.27. The Hall–Kier alpha value is -2.50. The number of aryl methyl sites for hydroxylation is 1. The Labute approximate surface area is 186 Å². The molecule has 1 aromatic carbocycles. The van der Waals surface area contributed by atoms with E-state index in [-0.39, 0.29) is 36.7 Å². The summed E-state index contributed by atoms with van der Waals surface area (Å²) in [5.41, 5.74) is 1.99. The van der Waals surface area contributed by atoms with Crippen LogP contribution in [0.4, 0.5) is 5.69 Å². The second-order valence-electron chi connectivity index (χ2n) is 6.75. The van der Waals surface area contributed by atoms with Gasteiger partial charge >= 0.3 is 0 Å². The van der Waals surface area contributed by atoms with Crippen LogP contribution in [-0.4, -0.2) is 66.6 Å². The van der Waals surface area contributed by atoms with Gasteiger partial charge in [0.25, 0.3) is 0 Å². The summed E-state index contributed by atoms with van der Waals surface area (Å²) in [5.74, 6) is 2.36. The Bertz CT molecular complexity index is 900. The van der Waals surface area contributed by atoms with Gasteiger partial charge in [-0.1, -0.05) is 6.07 Å². The molecule has 156 valence electrons. The summed E-state index contributed by atoms with van der Waals surface area (Å²) in [6.45, 7) is 2.60. The first-order valence-electron chi connectivity index (χ1n) is 9.27. The number of piperazine rings is 1. The van der Waals surface area contributed by atoms with Crippen LogP contribution in [0.15, 0.2) is 35.6 Å². The summed E-state index contributed by atoms with van der Waals surface area (Å²) in [4.78, 5) is 20.7. The summed E-state index contributed by atoms with van der Waals surface area (Å²) in [5, 5.41) is 7.50. The van der Waals surface area contributed by atoms with E-state index < -0.39 is 0 Å². The van der Waals surface area contributed by atoms with Gasteiger partial charge in [0.2, 0.25) is 12.7 Å². The van der Waals surface area contributed by atoms with E-state index in [4.69, 9.17) is 9.47 Å². The summed E-state index contributed by atoms with van der Waals surface area (Å²) < 4.78 is 12.5. The number of halogens is 1. The van der Waals surface area contributed by atoms with Crippen LogP contribution in [0.3, 0.4) is 0 Å². The molecule has 10 heteroatoms. The van der Waals surface area contributed by atoms with Gasteiger partial charge in [0.15, 0.2) is 17.5 Å². The zero-order valence-electron chi connectivity index (χ0n) is 16.5. The lowest BCUT2D eigenvalue weighted by Gasteiger charge is -2.35. The molecular formula is C19H25IN6O3. The van der Waals surface area contributed by atoms with Crippen molar-refractivity contribution in [1.82, 2.24) is 20.0 Å². The van der Waals surface area contributed by atoms with Crippen LogP contribution in [0.1, 0.15) is 5.56 Å². The van der Waals surface area contributed by atoms with Crippen LogP contribution < -0.4 is 19.7 Å². The molecule has 3 heterocycles. The molecule has 0 bridgehead atoms. The number of nitrogens with zero attached hydrogens (tertiary/aromatic N) is 5. The quantitative estimate of drug-likeness (QED) is 0.377. The minimum absolute atomic E-state index is 0. The SMILES string of the molecule is CN=C(NCCc1ccc2c(c1)OCO2)N1CCN(c2cnn(C)c2)C(=O)C1.I. The number of anilines is 1. The van der Waals surface area contributed by atoms with E-state index in [0.717, 1.165) is 35.1 Å². The molecule has 4 rings (SSSR count). The van der Waals surface area contributed by atoms with Gasteiger partial charge < -0.3 is 24.6 Å². The number of amides is 1. The lowest BCUT2D eigenvalue weighted by Crippen LogP contribution is -2.55. The molecule has 1 saturated heterocycles. The minimum atomic E-state index is 0. The number of carbonyl (C=O) groups excluding carboxylic acids is 1. The highest BCUT2D eigenvalue weighted by molar-refractivity contribution is 14.0. The van der Waals surface area contributed by atoms with Crippen molar-refractivity contribution in [2.75, 3.05) is 44.9 Å². The monoisotopic (exact) mass is 512 g/mol. The van der Waals surface area contributed by atoms with Crippen molar-refractivity contribution in [2.45, 2.75) is 6.42 Å². The van der Waals surface area contributed by atoms with Gasteiger partial charge in [-0.3, -0.25) is 14.5 Å². The summed E-state index contributed by atoms with van der Waals surface area (Å²) in [6, 6.07) is 5.97. The molecule has 0 saturated carbocycles. The van der Waals surface area contributed by atoms with E-state index in [2.05, 4.69) is 15.4 Å². The highest BCUT2D eigenvalue weighted by atomic mass is 127. The zero-order chi connectivity index (χ0) is 19.5. The zero-order valence-corrected chi connectivity index (χ0v) is 18.8. The average molecular weight is 512 g/mol. The number of guanidine groups is 1. The van der Waals surface area contributed by atoms with Crippen molar-refractivity contribution < 1.29 is 14.3 Å². The van der Waals surface area contributed by atoms with Crippen molar-refractivity contribution in [3.63, 3.8) is 0 Å². The molecule has 0 atom stereocenters. The second-order valence-corrected chi connectivity index (χ2v) is 6.75. The number of ether oxygens (including phenoxy) is 2. The lowest BCUT2D eigenvalue weighted by molar-refractivity contribution is -0.120. The standard InChI is InChI=1S/C19H24N6O3.HI/c1-20-19(21-6-5-14-3-4-16-17(9-14)28-13-27-16)24-7-8-25(18(26)12-24)15-10-22-23(2)11-15;/h3-4,9-11H,5-8,12-13H2,1-2H3,(H,20,21);1H. The number of aliphatic imine (C=N–C) groups is 1. The van der Waals surface area contributed by atoms with Gasteiger partial charge in [-0.2, -0.15) is 5.10 Å². The van der Waals surface area contributed by atoms with Crippen LogP contribution in [-0.2, 0) is 18.3 Å². The average Bonchev–Trinajstić information content (AvgIpc) is 3.33. The second kappa shape index (κ2) is 9.33. The maximum Gasteiger partial charge on any atom is 0.246 e. The normalized spacial score (nSPS) is 16.1. The molecule has 0 radical (unpaired) electrons. The number of carbonyl (C=O) groups is 1. The molecule has 29 heavy (non-hydrogen) atoms. The predicted octanol–water partition coefficient (Wildman–Crippen LogP) is 1.23. The topological polar surface area (TPSA) is 84.2 Å². The largest absolute Gasteiger partial charge is 0.454 e. The Morgan fingerprint density at radius 2 is 2.10 bits per heavy atom. The van der Waals surface area contributed by atoms with Gasteiger partial charge in [-0.05, 0) is 24.1 Å². The van der Waals surface area contributed by atoms with E-state index in [0.29, 0.717) is 26.2 Å². The molecular weight excluding hydrogens is 487 g/mol. The van der Waals surface area contributed by atoms with Crippen LogP contribution >= 0.6 is 24.0 Å². The van der Waals surface area contributed by atoms with E-state index in [1.165, 1.54) is 0 Å². The maximum atomic E-state index is 12.6. The van der Waals surface area contributed by atoms with Crippen LogP contribution in [0, 0.1) is 0 Å². The molecule has 1 aromatic heterocycles. The highest BCUT2D eigenvalue weighted by Crippen LogP contribution is 2.32. The fraction of sp³-hybridized carbons (Fsp3) is 0.421. The number of nitrogens with one attached hydrogen (secondary N) is 1. The van der Waals surface area contributed by atoms with Crippen molar-refractivity contribution in [1.29, 1.82) is 0 Å². The van der Waals surface area contributed by atoms with Gasteiger partial charge in [0.05, 0.1) is 11.9 Å². The number of rotatable bonds is 4. The Balaban J connectivity index is 0.00000240. The predicted molar refractivity (Wildman–Crippen MR) is 120 cm³/mol. The molecule has 9 nitrogen and oxygen atoms in total. The number of hydrogen-bond donors (Lipinski definition) is 1. The number of benzene rings is 1. The van der Waals surface area contributed by atoms with Gasteiger partial charge in [-0.15, -0.1) is 24.0 Å². The van der Waals surface area contributed by atoms with E-state index in [1.54, 1.807) is 22.8 Å². The first-order valence-corrected chi connectivity index (χ1v) is 9.27. The lowest BCUT2D eigenvalue weighted by atomic mass is 10.1. The third kappa shape index (κ3) is 4.74. The third-order valence-electron chi connectivity index (χ3n) is 4.87. The van der Waals surface area contributed by atoms with Gasteiger partial charge in [0.1, 0.15) is 6.54 Å². The first-order chi connectivity index (χ1) is 13.6. The minimum Gasteiger partial charge on any atom is -0.454 e. The molecule has 0 aliphatic carbocycles. The van der Waals surface area contributed by atoms with Crippen molar-refractivity contribution in [3.05, 3.63) is 36.2 Å². The van der Waals surface area contributed by atoms with Crippen LogP contribution in [0.5, 0.6) is 11.5 Å². The van der Waals surface area contributed by atoms with E-state index in [9.17, 15) is 4.79 Å². The molecule has 1 amide bonds. The number of hydrogen-bond acceptors (Lipinski definition) is 5. The van der Waals surface area contributed by atoms with Crippen molar-refractivity contribution in [2.24, 2.45) is 12.0 Å². The smallest absolute Gasteiger partial charge is 0.246 e. The number of fused-ring (bicyclic) bond motifs is 1. The van der Waals surface area contributed by atoms with E-state index in [1.807, 2.05) is 36.3 Å². The summed E-state index contributed by atoms with van der Waals surface area (Å²) in [6.07, 6.45) is 4.39. The molecule has 1 fully saturated rings. The summed E-state index contributed by atoms with van der Waals surface area (Å²) >= 11 is 0. The number of aromatic nitrogens is 2. The van der Waals surface area contributed by atoms with E-state index >= 15 is 0 Å². The maximum absolute atomic E-state index is 12.6. The Morgan fingerprint density at radius 1 is 1.28 bits per heavy atom.